The molecular formula is C9H9N3O2S. The van der Waals surface area contributed by atoms with E-state index >= 15 is 0 Å². The number of aromatic nitrogens is 3. The van der Waals surface area contributed by atoms with Gasteiger partial charge < -0.3 is 5.11 Å². The number of nitrogens with one attached hydrogen (secondary N) is 1. The van der Waals surface area contributed by atoms with Crippen LogP contribution in [0.1, 0.15) is 21.1 Å². The number of thiazole rings is 1. The number of rotatable bonds is 2. The second kappa shape index (κ2) is 3.47. The average Bonchev–Trinajstić information content (AvgIpc) is 2.71. The van der Waals surface area contributed by atoms with Crippen LogP contribution in [0, 0.1) is 13.8 Å². The lowest BCUT2D eigenvalue weighted by Gasteiger charge is -1.84. The Balaban J connectivity index is 2.46. The van der Waals surface area contributed by atoms with Gasteiger partial charge in [0.25, 0.3) is 0 Å². The predicted octanol–water partition coefficient (Wildman–Crippen LogP) is 1.85. The zero-order valence-electron chi connectivity index (χ0n) is 8.24. The first-order valence-electron chi connectivity index (χ1n) is 4.31. The van der Waals surface area contributed by atoms with Crippen molar-refractivity contribution in [3.8, 4) is 10.7 Å². The molecule has 0 unspecified atom stereocenters. The minimum atomic E-state index is -0.941. The Morgan fingerprint density at radius 2 is 2.27 bits per heavy atom. The Hall–Kier alpha value is -1.69. The third-order valence-corrected chi connectivity index (χ3v) is 3.08. The van der Waals surface area contributed by atoms with E-state index in [9.17, 15) is 4.79 Å². The molecule has 15 heavy (non-hydrogen) atoms. The molecule has 5 nitrogen and oxygen atoms in total. The maximum atomic E-state index is 10.8. The van der Waals surface area contributed by atoms with Crippen molar-refractivity contribution < 1.29 is 9.90 Å². The van der Waals surface area contributed by atoms with Crippen LogP contribution in [0.3, 0.4) is 0 Å². The second-order valence-corrected chi connectivity index (χ2v) is 4.17. The van der Waals surface area contributed by atoms with Crippen LogP contribution in [-0.4, -0.2) is 26.3 Å². The summed E-state index contributed by atoms with van der Waals surface area (Å²) in [6.07, 6.45) is 0. The second-order valence-electron chi connectivity index (χ2n) is 3.17. The number of hydrogen-bond donors (Lipinski definition) is 2. The van der Waals surface area contributed by atoms with E-state index in [4.69, 9.17) is 5.11 Å². The predicted molar refractivity (Wildman–Crippen MR) is 56.1 cm³/mol. The molecule has 2 aromatic rings. The topological polar surface area (TPSA) is 78.9 Å². The minimum Gasteiger partial charge on any atom is -0.477 e. The van der Waals surface area contributed by atoms with Crippen LogP contribution >= 0.6 is 11.3 Å². The Morgan fingerprint density at radius 1 is 1.53 bits per heavy atom. The lowest BCUT2D eigenvalue weighted by atomic mass is 10.4. The van der Waals surface area contributed by atoms with Crippen LogP contribution < -0.4 is 0 Å². The highest BCUT2D eigenvalue weighted by atomic mass is 32.1. The summed E-state index contributed by atoms with van der Waals surface area (Å²) in [7, 11) is 0. The summed E-state index contributed by atoms with van der Waals surface area (Å²) in [4.78, 5) is 15.3. The van der Waals surface area contributed by atoms with Crippen molar-refractivity contribution in [3.05, 3.63) is 22.3 Å². The van der Waals surface area contributed by atoms with Gasteiger partial charge in [0.2, 0.25) is 0 Å². The Kier molecular flexibility index (Phi) is 2.28. The Labute approximate surface area is 89.8 Å². The Morgan fingerprint density at radius 3 is 2.73 bits per heavy atom. The fraction of sp³-hybridized carbons (Fsp3) is 0.222. The SMILES string of the molecule is Cc1cc(-c2nc(C)c(C(=O)O)s2)n[nH]1. The monoisotopic (exact) mass is 223 g/mol. The number of carboxylic acids is 1. The fourth-order valence-electron chi connectivity index (χ4n) is 1.23. The lowest BCUT2D eigenvalue weighted by Crippen LogP contribution is -1.94. The lowest BCUT2D eigenvalue weighted by molar-refractivity contribution is 0.0701. The molecule has 0 radical (unpaired) electrons. The van der Waals surface area contributed by atoms with Gasteiger partial charge in [0.05, 0.1) is 5.69 Å². The van der Waals surface area contributed by atoms with Crippen molar-refractivity contribution in [1.29, 1.82) is 0 Å². The summed E-state index contributed by atoms with van der Waals surface area (Å²) in [6, 6.07) is 1.84. The number of carbonyl (C=O) groups is 1. The van der Waals surface area contributed by atoms with Crippen LogP contribution in [0.2, 0.25) is 0 Å². The maximum absolute atomic E-state index is 10.8. The molecule has 6 heteroatoms. The summed E-state index contributed by atoms with van der Waals surface area (Å²) in [5, 5.41) is 16.3. The van der Waals surface area contributed by atoms with E-state index in [0.29, 0.717) is 16.4 Å². The van der Waals surface area contributed by atoms with Crippen molar-refractivity contribution in [3.63, 3.8) is 0 Å². The summed E-state index contributed by atoms with van der Waals surface area (Å²) < 4.78 is 0. The van der Waals surface area contributed by atoms with Gasteiger partial charge >= 0.3 is 5.97 Å². The van der Waals surface area contributed by atoms with Gasteiger partial charge in [-0.15, -0.1) is 11.3 Å². The number of aromatic carboxylic acids is 1. The van der Waals surface area contributed by atoms with Crippen molar-refractivity contribution in [1.82, 2.24) is 15.2 Å². The molecular weight excluding hydrogens is 214 g/mol. The highest BCUT2D eigenvalue weighted by molar-refractivity contribution is 7.17. The number of carboxylic acid groups (broad SMARTS) is 1. The Bertz CT molecular complexity index is 515. The van der Waals surface area contributed by atoms with Crippen LogP contribution in [0.25, 0.3) is 10.7 Å². The molecule has 0 saturated carbocycles. The molecule has 0 aromatic carbocycles. The molecule has 0 atom stereocenters. The molecule has 0 aliphatic carbocycles. The highest BCUT2D eigenvalue weighted by Gasteiger charge is 2.16. The average molecular weight is 223 g/mol. The van der Waals surface area contributed by atoms with E-state index < -0.39 is 5.97 Å². The molecule has 0 fully saturated rings. The summed E-state index contributed by atoms with van der Waals surface area (Å²) in [6.45, 7) is 3.57. The van der Waals surface area contributed by atoms with Crippen LogP contribution in [0.5, 0.6) is 0 Å². The first-order valence-corrected chi connectivity index (χ1v) is 5.12. The molecule has 0 amide bonds. The van der Waals surface area contributed by atoms with Gasteiger partial charge in [-0.1, -0.05) is 0 Å². The third-order valence-electron chi connectivity index (χ3n) is 1.92. The van der Waals surface area contributed by atoms with Crippen LogP contribution in [0.4, 0.5) is 0 Å². The largest absolute Gasteiger partial charge is 0.477 e. The maximum Gasteiger partial charge on any atom is 0.347 e. The molecule has 0 spiro atoms. The summed E-state index contributed by atoms with van der Waals surface area (Å²) >= 11 is 1.14. The molecule has 78 valence electrons. The van der Waals surface area contributed by atoms with Gasteiger partial charge in [0.15, 0.2) is 0 Å². The first kappa shape index (κ1) is 9.85. The van der Waals surface area contributed by atoms with Gasteiger partial charge in [0.1, 0.15) is 15.6 Å². The molecule has 2 aromatic heterocycles. The zero-order chi connectivity index (χ0) is 11.0. The third kappa shape index (κ3) is 1.75. The molecule has 0 aliphatic heterocycles. The number of H-pyrrole nitrogens is 1. The summed E-state index contributed by atoms with van der Waals surface area (Å²) in [5.41, 5.74) is 2.14. The van der Waals surface area contributed by atoms with Gasteiger partial charge in [0, 0.05) is 5.69 Å². The van der Waals surface area contributed by atoms with Crippen LogP contribution in [-0.2, 0) is 0 Å². The molecule has 2 N–H and O–H groups in total. The number of nitrogens with zero attached hydrogens (tertiary/aromatic N) is 2. The minimum absolute atomic E-state index is 0.269. The van der Waals surface area contributed by atoms with Gasteiger partial charge in [-0.2, -0.15) is 5.10 Å². The number of aryl methyl sites for hydroxylation is 2. The standard InChI is InChI=1S/C9H9N3O2S/c1-4-3-6(12-11-4)8-10-5(2)7(15-8)9(13)14/h3H,1-2H3,(H,11,12)(H,13,14). The highest BCUT2D eigenvalue weighted by Crippen LogP contribution is 2.26. The number of hydrogen-bond acceptors (Lipinski definition) is 4. The summed E-state index contributed by atoms with van der Waals surface area (Å²) in [5.74, 6) is -0.941. The molecule has 0 aliphatic rings. The molecule has 2 heterocycles. The zero-order valence-corrected chi connectivity index (χ0v) is 9.05. The van der Waals surface area contributed by atoms with Gasteiger partial charge in [-0.25, -0.2) is 9.78 Å². The molecule has 2 rings (SSSR count). The quantitative estimate of drug-likeness (QED) is 0.814. The van der Waals surface area contributed by atoms with E-state index in [1.807, 2.05) is 13.0 Å². The fourth-order valence-corrected chi connectivity index (χ4v) is 2.10. The van der Waals surface area contributed by atoms with E-state index in [-0.39, 0.29) is 4.88 Å². The molecule has 0 bridgehead atoms. The molecule has 0 saturated heterocycles. The van der Waals surface area contributed by atoms with Crippen LogP contribution in [0.15, 0.2) is 6.07 Å². The van der Waals surface area contributed by atoms with Crippen molar-refractivity contribution in [2.75, 3.05) is 0 Å². The normalized spacial score (nSPS) is 10.5. The number of aromatic amines is 1. The van der Waals surface area contributed by atoms with Crippen molar-refractivity contribution in [2.24, 2.45) is 0 Å². The van der Waals surface area contributed by atoms with E-state index in [1.54, 1.807) is 6.92 Å². The first-order chi connectivity index (χ1) is 7.08. The van der Waals surface area contributed by atoms with E-state index in [1.165, 1.54) is 0 Å². The van der Waals surface area contributed by atoms with Crippen molar-refractivity contribution >= 4 is 17.3 Å². The van der Waals surface area contributed by atoms with E-state index in [2.05, 4.69) is 15.2 Å². The smallest absolute Gasteiger partial charge is 0.347 e. The van der Waals surface area contributed by atoms with E-state index in [0.717, 1.165) is 17.0 Å². The van der Waals surface area contributed by atoms with Gasteiger partial charge in [-0.3, -0.25) is 5.10 Å². The van der Waals surface area contributed by atoms with Crippen molar-refractivity contribution in [2.45, 2.75) is 13.8 Å². The van der Waals surface area contributed by atoms with Gasteiger partial charge in [-0.05, 0) is 19.9 Å².